The number of hydrogen-bond donors (Lipinski definition) is 3. The standard InChI is InChI=1S/C15H14N2O3S/c16-11-6-3-10(4-7-11)5-8-13(18)17-14(15(19)20)12-2-1-9-21-12/h1-9,14H,16H2,(H,17,18)(H,19,20)/b8-5+. The summed E-state index contributed by atoms with van der Waals surface area (Å²) in [5.74, 6) is -1.56. The lowest BCUT2D eigenvalue weighted by atomic mass is 10.2. The Morgan fingerprint density at radius 3 is 2.52 bits per heavy atom. The van der Waals surface area contributed by atoms with E-state index in [0.717, 1.165) is 5.56 Å². The van der Waals surface area contributed by atoms with Crippen molar-refractivity contribution in [2.75, 3.05) is 5.73 Å². The zero-order chi connectivity index (χ0) is 15.2. The number of nitrogens with one attached hydrogen (secondary N) is 1. The molecule has 0 aliphatic rings. The number of amides is 1. The molecular formula is C15H14N2O3S. The molecular weight excluding hydrogens is 288 g/mol. The van der Waals surface area contributed by atoms with E-state index in [0.29, 0.717) is 10.6 Å². The maximum atomic E-state index is 11.8. The van der Waals surface area contributed by atoms with Crippen LogP contribution in [0.15, 0.2) is 47.9 Å². The highest BCUT2D eigenvalue weighted by molar-refractivity contribution is 7.10. The molecule has 1 atom stereocenters. The summed E-state index contributed by atoms with van der Waals surface area (Å²) in [6.07, 6.45) is 2.90. The van der Waals surface area contributed by atoms with E-state index in [9.17, 15) is 9.59 Å². The lowest BCUT2D eigenvalue weighted by molar-refractivity contribution is -0.141. The fourth-order valence-corrected chi connectivity index (χ4v) is 2.45. The summed E-state index contributed by atoms with van der Waals surface area (Å²) in [5, 5.41) is 13.4. The lowest BCUT2D eigenvalue weighted by Crippen LogP contribution is -2.31. The molecule has 5 nitrogen and oxygen atoms in total. The van der Waals surface area contributed by atoms with Gasteiger partial charge in [-0.25, -0.2) is 4.79 Å². The van der Waals surface area contributed by atoms with Crippen LogP contribution >= 0.6 is 11.3 Å². The minimum Gasteiger partial charge on any atom is -0.479 e. The number of anilines is 1. The first-order valence-corrected chi connectivity index (χ1v) is 7.04. The summed E-state index contributed by atoms with van der Waals surface area (Å²) in [6, 6.07) is 9.38. The molecule has 0 spiro atoms. The number of carbonyl (C=O) groups is 2. The summed E-state index contributed by atoms with van der Waals surface area (Å²) < 4.78 is 0. The van der Waals surface area contributed by atoms with Crippen molar-refractivity contribution in [2.45, 2.75) is 6.04 Å². The molecule has 108 valence electrons. The molecule has 21 heavy (non-hydrogen) atoms. The maximum absolute atomic E-state index is 11.8. The van der Waals surface area contributed by atoms with Crippen molar-refractivity contribution in [3.8, 4) is 0 Å². The van der Waals surface area contributed by atoms with E-state index in [1.54, 1.807) is 47.9 Å². The van der Waals surface area contributed by atoms with Gasteiger partial charge in [0.15, 0.2) is 6.04 Å². The molecule has 2 rings (SSSR count). The quantitative estimate of drug-likeness (QED) is 0.583. The first-order chi connectivity index (χ1) is 10.1. The van der Waals surface area contributed by atoms with Crippen LogP contribution < -0.4 is 11.1 Å². The van der Waals surface area contributed by atoms with Crippen LogP contribution in [0.4, 0.5) is 5.69 Å². The number of rotatable bonds is 5. The summed E-state index contributed by atoms with van der Waals surface area (Å²) in [4.78, 5) is 23.6. The van der Waals surface area contributed by atoms with Crippen molar-refractivity contribution in [3.05, 3.63) is 58.3 Å². The first kappa shape index (κ1) is 14.8. The molecule has 0 bridgehead atoms. The number of carbonyl (C=O) groups excluding carboxylic acids is 1. The predicted octanol–water partition coefficient (Wildman–Crippen LogP) is 2.29. The van der Waals surface area contributed by atoms with E-state index in [2.05, 4.69) is 5.32 Å². The smallest absolute Gasteiger partial charge is 0.331 e. The third-order valence-electron chi connectivity index (χ3n) is 2.72. The number of aliphatic carboxylic acids is 1. The first-order valence-electron chi connectivity index (χ1n) is 6.16. The highest BCUT2D eigenvalue weighted by Gasteiger charge is 2.21. The van der Waals surface area contributed by atoms with Crippen LogP contribution in [0.5, 0.6) is 0 Å². The van der Waals surface area contributed by atoms with Crippen LogP contribution in [0, 0.1) is 0 Å². The zero-order valence-corrected chi connectivity index (χ0v) is 11.8. The van der Waals surface area contributed by atoms with Gasteiger partial charge in [0.05, 0.1) is 0 Å². The van der Waals surface area contributed by atoms with Crippen LogP contribution in [0.3, 0.4) is 0 Å². The number of nitrogens with two attached hydrogens (primary N) is 1. The molecule has 2 aromatic rings. The van der Waals surface area contributed by atoms with Crippen LogP contribution in [0.1, 0.15) is 16.5 Å². The molecule has 1 amide bonds. The Morgan fingerprint density at radius 1 is 1.24 bits per heavy atom. The Hall–Kier alpha value is -2.60. The Kier molecular flexibility index (Phi) is 4.73. The van der Waals surface area contributed by atoms with Gasteiger partial charge in [-0.3, -0.25) is 4.79 Å². The topological polar surface area (TPSA) is 92.4 Å². The van der Waals surface area contributed by atoms with Gasteiger partial charge in [-0.2, -0.15) is 0 Å². The van der Waals surface area contributed by atoms with Gasteiger partial charge in [0, 0.05) is 16.6 Å². The second kappa shape index (κ2) is 6.71. The van der Waals surface area contributed by atoms with Crippen LogP contribution in [0.2, 0.25) is 0 Å². The van der Waals surface area contributed by atoms with Crippen LogP contribution in [-0.4, -0.2) is 17.0 Å². The Bertz CT molecular complexity index is 648. The highest BCUT2D eigenvalue weighted by Crippen LogP contribution is 2.19. The molecule has 1 unspecified atom stereocenters. The zero-order valence-electron chi connectivity index (χ0n) is 11.0. The molecule has 1 heterocycles. The van der Waals surface area contributed by atoms with E-state index in [-0.39, 0.29) is 0 Å². The lowest BCUT2D eigenvalue weighted by Gasteiger charge is -2.11. The highest BCUT2D eigenvalue weighted by atomic mass is 32.1. The molecule has 0 saturated heterocycles. The van der Waals surface area contributed by atoms with Gasteiger partial charge >= 0.3 is 5.97 Å². The van der Waals surface area contributed by atoms with Gasteiger partial charge in [0.2, 0.25) is 5.91 Å². The van der Waals surface area contributed by atoms with E-state index >= 15 is 0 Å². The van der Waals surface area contributed by atoms with Gasteiger partial charge in [0.25, 0.3) is 0 Å². The van der Waals surface area contributed by atoms with Gasteiger partial charge in [0.1, 0.15) is 0 Å². The summed E-state index contributed by atoms with van der Waals surface area (Å²) in [7, 11) is 0. The van der Waals surface area contributed by atoms with E-state index in [1.807, 2.05) is 0 Å². The molecule has 0 fully saturated rings. The van der Waals surface area contributed by atoms with Gasteiger partial charge in [-0.1, -0.05) is 18.2 Å². The maximum Gasteiger partial charge on any atom is 0.331 e. The second-order valence-corrected chi connectivity index (χ2v) is 5.27. The Morgan fingerprint density at radius 2 is 1.95 bits per heavy atom. The van der Waals surface area contributed by atoms with Crippen LogP contribution in [0.25, 0.3) is 6.08 Å². The van der Waals surface area contributed by atoms with Crippen LogP contribution in [-0.2, 0) is 9.59 Å². The molecule has 0 aliphatic carbocycles. The molecule has 6 heteroatoms. The second-order valence-electron chi connectivity index (χ2n) is 4.30. The third-order valence-corrected chi connectivity index (χ3v) is 3.66. The van der Waals surface area contributed by atoms with E-state index in [1.165, 1.54) is 17.4 Å². The predicted molar refractivity (Wildman–Crippen MR) is 82.7 cm³/mol. The number of carboxylic acid groups (broad SMARTS) is 1. The van der Waals surface area contributed by atoms with E-state index in [4.69, 9.17) is 10.8 Å². The fourth-order valence-electron chi connectivity index (χ4n) is 1.68. The van der Waals surface area contributed by atoms with Crippen molar-refractivity contribution < 1.29 is 14.7 Å². The van der Waals surface area contributed by atoms with Crippen molar-refractivity contribution in [1.82, 2.24) is 5.32 Å². The minimum atomic E-state index is -1.09. The van der Waals surface area contributed by atoms with E-state index < -0.39 is 17.9 Å². The minimum absolute atomic E-state index is 0.465. The SMILES string of the molecule is Nc1ccc(/C=C/C(=O)NC(C(=O)O)c2cccs2)cc1. The molecule has 0 radical (unpaired) electrons. The summed E-state index contributed by atoms with van der Waals surface area (Å²) in [6.45, 7) is 0. The normalized spacial score (nSPS) is 12.2. The molecule has 1 aromatic heterocycles. The van der Waals surface area contributed by atoms with Crippen molar-refractivity contribution >= 4 is 35.0 Å². The Labute approximate surface area is 125 Å². The number of thiophene rings is 1. The largest absolute Gasteiger partial charge is 0.479 e. The number of hydrogen-bond acceptors (Lipinski definition) is 4. The molecule has 1 aromatic carbocycles. The number of carboxylic acids is 1. The average molecular weight is 302 g/mol. The Balaban J connectivity index is 2.03. The van der Waals surface area contributed by atoms with Crippen molar-refractivity contribution in [1.29, 1.82) is 0 Å². The molecule has 0 saturated carbocycles. The molecule has 0 aliphatic heterocycles. The van der Waals surface area contributed by atoms with Gasteiger partial charge < -0.3 is 16.2 Å². The summed E-state index contributed by atoms with van der Waals surface area (Å²) in [5.41, 5.74) is 7.02. The van der Waals surface area contributed by atoms with Gasteiger partial charge in [-0.05, 0) is 35.2 Å². The van der Waals surface area contributed by atoms with Gasteiger partial charge in [-0.15, -0.1) is 11.3 Å². The van der Waals surface area contributed by atoms with Crippen molar-refractivity contribution in [3.63, 3.8) is 0 Å². The average Bonchev–Trinajstić information content (AvgIpc) is 2.97. The number of benzene rings is 1. The monoisotopic (exact) mass is 302 g/mol. The van der Waals surface area contributed by atoms with Crippen molar-refractivity contribution in [2.24, 2.45) is 0 Å². The number of nitrogen functional groups attached to an aromatic ring is 1. The third kappa shape index (κ3) is 4.19. The fraction of sp³-hybridized carbons (Fsp3) is 0.0667. The summed E-state index contributed by atoms with van der Waals surface area (Å²) >= 11 is 1.28. The molecule has 4 N–H and O–H groups in total.